The van der Waals surface area contributed by atoms with Crippen LogP contribution in [0.2, 0.25) is 0 Å². The van der Waals surface area contributed by atoms with Crippen molar-refractivity contribution < 1.29 is 19.0 Å². The minimum absolute atomic E-state index is 0.102. The highest BCUT2D eigenvalue weighted by atomic mass is 19.1. The number of fused-ring (bicyclic) bond motifs is 1. The maximum atomic E-state index is 15.1. The summed E-state index contributed by atoms with van der Waals surface area (Å²) in [6.45, 7) is 3.46. The van der Waals surface area contributed by atoms with E-state index in [9.17, 15) is 9.90 Å². The molecule has 4 heterocycles. The number of piperazine rings is 1. The number of carbonyl (C=O) groups excluding carboxylic acids is 1. The smallest absolute Gasteiger partial charge is 0.244 e. The van der Waals surface area contributed by atoms with Gasteiger partial charge in [0.2, 0.25) is 11.9 Å². The first-order valence-corrected chi connectivity index (χ1v) is 14.3. The highest BCUT2D eigenvalue weighted by molar-refractivity contribution is 6.06. The molecule has 1 atom stereocenters. The molecule has 0 saturated carbocycles. The molecule has 0 unspecified atom stereocenters. The summed E-state index contributed by atoms with van der Waals surface area (Å²) in [6.07, 6.45) is 6.12. The van der Waals surface area contributed by atoms with Crippen LogP contribution in [-0.4, -0.2) is 98.5 Å². The Labute approximate surface area is 253 Å². The lowest BCUT2D eigenvalue weighted by Gasteiger charge is -2.36. The van der Waals surface area contributed by atoms with Gasteiger partial charge in [0.25, 0.3) is 0 Å². The molecule has 1 aliphatic heterocycles. The van der Waals surface area contributed by atoms with Crippen LogP contribution in [0.25, 0.3) is 27.8 Å². The van der Waals surface area contributed by atoms with Gasteiger partial charge >= 0.3 is 0 Å². The van der Waals surface area contributed by atoms with Crippen molar-refractivity contribution in [2.24, 2.45) is 0 Å². The number of nitrogens with zero attached hydrogens (tertiary/aromatic N) is 6. The number of hydrogen-bond donors (Lipinski definition) is 4. The maximum Gasteiger partial charge on any atom is 0.244 e. The quantitative estimate of drug-likeness (QED) is 0.190. The van der Waals surface area contributed by atoms with Gasteiger partial charge in [0.15, 0.2) is 5.82 Å². The van der Waals surface area contributed by atoms with Gasteiger partial charge in [-0.05, 0) is 19.2 Å². The second kappa shape index (κ2) is 12.9. The van der Waals surface area contributed by atoms with Crippen LogP contribution in [0, 0.1) is 5.82 Å². The molecule has 0 spiro atoms. The van der Waals surface area contributed by atoms with Crippen LogP contribution in [0.4, 0.5) is 21.7 Å². The number of nitrogens with one attached hydrogen (secondary N) is 3. The van der Waals surface area contributed by atoms with E-state index in [4.69, 9.17) is 4.74 Å². The van der Waals surface area contributed by atoms with E-state index >= 15 is 4.39 Å². The zero-order valence-electron chi connectivity index (χ0n) is 24.5. The first-order valence-electron chi connectivity index (χ1n) is 14.3. The van der Waals surface area contributed by atoms with Crippen LogP contribution in [0.15, 0.2) is 67.3 Å². The number of ether oxygens (including phenoxy) is 1. The van der Waals surface area contributed by atoms with Gasteiger partial charge in [-0.15, -0.1) is 0 Å². The summed E-state index contributed by atoms with van der Waals surface area (Å²) < 4.78 is 22.2. The van der Waals surface area contributed by atoms with Gasteiger partial charge in [-0.1, -0.05) is 30.3 Å². The fraction of sp³-hybridized carbons (Fsp3) is 0.290. The normalized spacial score (nSPS) is 15.0. The molecule has 1 saturated heterocycles. The highest BCUT2D eigenvalue weighted by Crippen LogP contribution is 2.33. The lowest BCUT2D eigenvalue weighted by Crippen LogP contribution is -2.54. The van der Waals surface area contributed by atoms with Crippen molar-refractivity contribution in [2.75, 3.05) is 57.6 Å². The third-order valence-corrected chi connectivity index (χ3v) is 7.83. The van der Waals surface area contributed by atoms with Crippen molar-refractivity contribution in [3.8, 4) is 16.9 Å². The van der Waals surface area contributed by atoms with Crippen molar-refractivity contribution in [2.45, 2.75) is 12.6 Å². The zero-order chi connectivity index (χ0) is 30.6. The Morgan fingerprint density at radius 3 is 2.75 bits per heavy atom. The van der Waals surface area contributed by atoms with E-state index in [0.717, 1.165) is 43.6 Å². The van der Waals surface area contributed by atoms with E-state index in [1.54, 1.807) is 30.4 Å². The molecule has 228 valence electrons. The molecule has 0 bridgehead atoms. The predicted octanol–water partition coefficient (Wildman–Crippen LogP) is 3.39. The molecular weight excluding hydrogens is 565 g/mol. The van der Waals surface area contributed by atoms with E-state index in [-0.39, 0.29) is 30.8 Å². The lowest BCUT2D eigenvalue weighted by atomic mass is 10.1. The van der Waals surface area contributed by atoms with Gasteiger partial charge < -0.3 is 30.4 Å². The summed E-state index contributed by atoms with van der Waals surface area (Å²) in [5.74, 6) is -0.569. The standard InChI is InChI=1S/C31H34FN9O3/c1-39-10-12-40(13-11-39)27(19-44-2)30(43)37-25-8-5-7-22-23(15-33-29(22)25)28-24(32)16-34-31(38-28)36-21-14-35-41(17-21)26-9-4-3-6-20(26)18-42/h3-9,14-17,27,33,42H,10-13,18-19H2,1-2H3,(H,37,43)(H,34,36,38)/t27-/m1/s1. The molecule has 1 aliphatic rings. The van der Waals surface area contributed by atoms with E-state index in [1.807, 2.05) is 42.5 Å². The SMILES string of the molecule is COC[C@H](C(=O)Nc1cccc2c(-c3nc(Nc4cnn(-c5ccccc5CO)c4)ncc3F)c[nH]c12)N1CCN(C)CC1. The number of likely N-dealkylation sites (N-methyl/N-ethyl adjacent to an activating group) is 1. The molecule has 2 aromatic carbocycles. The minimum Gasteiger partial charge on any atom is -0.392 e. The molecule has 0 aliphatic carbocycles. The van der Waals surface area contributed by atoms with Crippen LogP contribution in [0.1, 0.15) is 5.56 Å². The molecule has 44 heavy (non-hydrogen) atoms. The summed E-state index contributed by atoms with van der Waals surface area (Å²) in [4.78, 5) is 29.6. The second-order valence-electron chi connectivity index (χ2n) is 10.7. The number of amides is 1. The largest absolute Gasteiger partial charge is 0.392 e. The first kappa shape index (κ1) is 29.4. The molecular formula is C31H34FN9O3. The topological polar surface area (TPSA) is 136 Å². The molecule has 1 fully saturated rings. The fourth-order valence-corrected chi connectivity index (χ4v) is 5.44. The number of para-hydroxylation sites is 2. The van der Waals surface area contributed by atoms with E-state index in [1.165, 1.54) is 0 Å². The number of carbonyl (C=O) groups is 1. The third-order valence-electron chi connectivity index (χ3n) is 7.83. The molecule has 4 N–H and O–H groups in total. The van der Waals surface area contributed by atoms with Gasteiger partial charge in [0.05, 0.1) is 54.4 Å². The molecule has 5 aromatic rings. The average Bonchev–Trinajstić information content (AvgIpc) is 3.69. The average molecular weight is 600 g/mol. The third kappa shape index (κ3) is 6.03. The van der Waals surface area contributed by atoms with Crippen molar-refractivity contribution in [3.63, 3.8) is 0 Å². The van der Waals surface area contributed by atoms with E-state index < -0.39 is 11.9 Å². The molecule has 0 radical (unpaired) electrons. The molecule has 6 rings (SSSR count). The Bertz CT molecular complexity index is 1760. The summed E-state index contributed by atoms with van der Waals surface area (Å²) >= 11 is 0. The number of H-pyrrole nitrogens is 1. The van der Waals surface area contributed by atoms with Crippen molar-refractivity contribution in [1.29, 1.82) is 0 Å². The summed E-state index contributed by atoms with van der Waals surface area (Å²) in [6, 6.07) is 12.4. The molecule has 3 aromatic heterocycles. The Morgan fingerprint density at radius 2 is 1.95 bits per heavy atom. The number of anilines is 3. The number of aliphatic hydroxyl groups is 1. The predicted molar refractivity (Wildman–Crippen MR) is 165 cm³/mol. The maximum absolute atomic E-state index is 15.1. The first-order chi connectivity index (χ1) is 21.4. The van der Waals surface area contributed by atoms with Crippen molar-refractivity contribution in [3.05, 3.63) is 78.6 Å². The number of hydrogen-bond acceptors (Lipinski definition) is 9. The van der Waals surface area contributed by atoms with Gasteiger partial charge in [0.1, 0.15) is 11.7 Å². The minimum atomic E-state index is -0.589. The number of methoxy groups -OCH3 is 1. The summed E-state index contributed by atoms with van der Waals surface area (Å²) in [5.41, 5.74) is 3.92. The molecule has 13 heteroatoms. The van der Waals surface area contributed by atoms with Gasteiger partial charge in [-0.2, -0.15) is 5.10 Å². The molecule has 12 nitrogen and oxygen atoms in total. The van der Waals surface area contributed by atoms with Gasteiger partial charge in [-0.25, -0.2) is 19.0 Å². The van der Waals surface area contributed by atoms with E-state index in [0.29, 0.717) is 27.8 Å². The zero-order valence-corrected chi connectivity index (χ0v) is 24.5. The summed E-state index contributed by atoms with van der Waals surface area (Å²) in [7, 11) is 3.66. The number of aromatic amines is 1. The number of halogens is 1. The lowest BCUT2D eigenvalue weighted by molar-refractivity contribution is -0.124. The number of rotatable bonds is 10. The van der Waals surface area contributed by atoms with Crippen LogP contribution in [0.5, 0.6) is 0 Å². The van der Waals surface area contributed by atoms with Gasteiger partial charge in [0, 0.05) is 56.0 Å². The van der Waals surface area contributed by atoms with Crippen LogP contribution in [0.3, 0.4) is 0 Å². The Kier molecular flexibility index (Phi) is 8.61. The van der Waals surface area contributed by atoms with Crippen LogP contribution < -0.4 is 10.6 Å². The van der Waals surface area contributed by atoms with E-state index in [2.05, 4.69) is 47.5 Å². The number of benzene rings is 2. The number of aliphatic hydroxyl groups excluding tert-OH is 1. The Hall–Kier alpha value is -4.69. The monoisotopic (exact) mass is 599 g/mol. The summed E-state index contributed by atoms with van der Waals surface area (Å²) in [5, 5.41) is 20.9. The van der Waals surface area contributed by atoms with Crippen molar-refractivity contribution >= 4 is 34.1 Å². The fourth-order valence-electron chi connectivity index (χ4n) is 5.44. The van der Waals surface area contributed by atoms with Crippen molar-refractivity contribution in [1.82, 2.24) is 34.5 Å². The highest BCUT2D eigenvalue weighted by Gasteiger charge is 2.29. The Balaban J connectivity index is 1.24. The number of aromatic nitrogens is 5. The van der Waals surface area contributed by atoms with Crippen LogP contribution >= 0.6 is 0 Å². The van der Waals surface area contributed by atoms with Gasteiger partial charge in [-0.3, -0.25) is 9.69 Å². The second-order valence-corrected chi connectivity index (χ2v) is 10.7. The van der Waals surface area contributed by atoms with Crippen LogP contribution in [-0.2, 0) is 16.1 Å². The Morgan fingerprint density at radius 1 is 1.14 bits per heavy atom. The molecule has 1 amide bonds.